The van der Waals surface area contributed by atoms with Crippen LogP contribution in [0.25, 0.3) is 32.0 Å². The van der Waals surface area contributed by atoms with Crippen LogP contribution < -0.4 is 5.32 Å². The van der Waals surface area contributed by atoms with Gasteiger partial charge in [-0.15, -0.1) is 11.3 Å². The molecular formula is C17H14N4S. The maximum atomic E-state index is 4.85. The summed E-state index contributed by atoms with van der Waals surface area (Å²) in [5.41, 5.74) is 5.75. The van der Waals surface area contributed by atoms with Crippen LogP contribution in [0.2, 0.25) is 0 Å². The van der Waals surface area contributed by atoms with Crippen molar-refractivity contribution in [2.45, 2.75) is 20.5 Å². The lowest BCUT2D eigenvalue weighted by atomic mass is 10.1. The molecule has 0 fully saturated rings. The number of hydrogen-bond acceptors (Lipinski definition) is 4. The van der Waals surface area contributed by atoms with Gasteiger partial charge < -0.3 is 9.88 Å². The highest BCUT2D eigenvalue weighted by Crippen LogP contribution is 2.45. The van der Waals surface area contributed by atoms with E-state index in [0.29, 0.717) is 0 Å². The van der Waals surface area contributed by atoms with Gasteiger partial charge in [-0.05, 0) is 37.6 Å². The first-order chi connectivity index (χ1) is 10.7. The third kappa shape index (κ3) is 1.46. The second kappa shape index (κ2) is 4.08. The Morgan fingerprint density at radius 3 is 2.95 bits per heavy atom. The van der Waals surface area contributed by atoms with E-state index in [2.05, 4.69) is 41.1 Å². The normalized spacial score (nSPS) is 13.2. The predicted molar refractivity (Wildman–Crippen MR) is 91.4 cm³/mol. The van der Waals surface area contributed by atoms with Crippen LogP contribution in [0.4, 0.5) is 5.69 Å². The molecule has 4 nitrogen and oxygen atoms in total. The van der Waals surface area contributed by atoms with Crippen molar-refractivity contribution in [3.8, 4) is 10.7 Å². The van der Waals surface area contributed by atoms with Crippen LogP contribution in [-0.4, -0.2) is 14.5 Å². The second-order valence-electron chi connectivity index (χ2n) is 5.75. The van der Waals surface area contributed by atoms with E-state index in [1.165, 1.54) is 27.0 Å². The van der Waals surface area contributed by atoms with Crippen molar-refractivity contribution in [2.24, 2.45) is 0 Å². The van der Waals surface area contributed by atoms with Gasteiger partial charge in [-0.1, -0.05) is 12.1 Å². The first-order valence-corrected chi connectivity index (χ1v) is 8.14. The number of fused-ring (bicyclic) bond motifs is 7. The summed E-state index contributed by atoms with van der Waals surface area (Å²) in [7, 11) is 0. The van der Waals surface area contributed by atoms with Gasteiger partial charge in [-0.3, -0.25) is 0 Å². The van der Waals surface area contributed by atoms with Crippen LogP contribution in [0.5, 0.6) is 0 Å². The van der Waals surface area contributed by atoms with E-state index in [9.17, 15) is 0 Å². The molecule has 0 spiro atoms. The standard InChI is InChI=1S/C17H14N4S/c1-9-7-10(2)19-17-13(9)14-15(22-17)16-20-11-5-3-4-6-12(11)21(16)8-18-14/h3-7,18H,8H2,1-2H3. The molecule has 1 N–H and O–H groups in total. The summed E-state index contributed by atoms with van der Waals surface area (Å²) >= 11 is 1.73. The molecule has 0 radical (unpaired) electrons. The minimum absolute atomic E-state index is 0.752. The summed E-state index contributed by atoms with van der Waals surface area (Å²) in [6.07, 6.45) is 0. The van der Waals surface area contributed by atoms with Crippen molar-refractivity contribution in [3.63, 3.8) is 0 Å². The maximum absolute atomic E-state index is 4.85. The molecule has 0 aliphatic carbocycles. The zero-order valence-electron chi connectivity index (χ0n) is 12.3. The fourth-order valence-electron chi connectivity index (χ4n) is 3.33. The van der Waals surface area contributed by atoms with Gasteiger partial charge in [-0.2, -0.15) is 0 Å². The van der Waals surface area contributed by atoms with Gasteiger partial charge in [0, 0.05) is 11.1 Å². The Kier molecular flexibility index (Phi) is 2.26. The third-order valence-corrected chi connectivity index (χ3v) is 5.34. The number of nitrogens with one attached hydrogen (secondary N) is 1. The van der Waals surface area contributed by atoms with E-state index in [1.54, 1.807) is 11.3 Å². The molecule has 0 bridgehead atoms. The highest BCUT2D eigenvalue weighted by Gasteiger charge is 2.25. The summed E-state index contributed by atoms with van der Waals surface area (Å²) in [6, 6.07) is 10.4. The maximum Gasteiger partial charge on any atom is 0.154 e. The number of anilines is 1. The number of aryl methyl sites for hydroxylation is 2. The van der Waals surface area contributed by atoms with Crippen molar-refractivity contribution in [1.29, 1.82) is 0 Å². The number of thiophene rings is 1. The average Bonchev–Trinajstić information content (AvgIpc) is 3.04. The van der Waals surface area contributed by atoms with E-state index in [4.69, 9.17) is 9.97 Å². The topological polar surface area (TPSA) is 42.7 Å². The minimum Gasteiger partial charge on any atom is -0.366 e. The molecule has 0 atom stereocenters. The van der Waals surface area contributed by atoms with Gasteiger partial charge in [0.25, 0.3) is 0 Å². The van der Waals surface area contributed by atoms with Crippen molar-refractivity contribution in [3.05, 3.63) is 41.6 Å². The van der Waals surface area contributed by atoms with Crippen molar-refractivity contribution < 1.29 is 0 Å². The average molecular weight is 306 g/mol. The SMILES string of the molecule is Cc1cc(C)c2c3c(sc2n1)-c1nc2ccccc2n1CN3. The Bertz CT molecular complexity index is 1060. The Balaban J connectivity index is 1.89. The number of pyridine rings is 1. The Morgan fingerprint density at radius 2 is 2.05 bits per heavy atom. The van der Waals surface area contributed by atoms with Gasteiger partial charge in [0.1, 0.15) is 4.83 Å². The van der Waals surface area contributed by atoms with E-state index < -0.39 is 0 Å². The Hall–Kier alpha value is -2.40. The summed E-state index contributed by atoms with van der Waals surface area (Å²) in [5, 5.41) is 4.81. The lowest BCUT2D eigenvalue weighted by molar-refractivity contribution is 0.799. The van der Waals surface area contributed by atoms with Crippen molar-refractivity contribution >= 4 is 38.3 Å². The molecule has 1 aliphatic rings. The molecule has 22 heavy (non-hydrogen) atoms. The number of aromatic nitrogens is 3. The molecule has 5 heteroatoms. The highest BCUT2D eigenvalue weighted by molar-refractivity contribution is 7.22. The number of hydrogen-bond donors (Lipinski definition) is 1. The summed E-state index contributed by atoms with van der Waals surface area (Å²) < 4.78 is 2.25. The van der Waals surface area contributed by atoms with E-state index in [-0.39, 0.29) is 0 Å². The predicted octanol–water partition coefficient (Wildman–Crippen LogP) is 4.31. The number of para-hydroxylation sites is 2. The van der Waals surface area contributed by atoms with Gasteiger partial charge in [0.05, 0.1) is 28.3 Å². The van der Waals surface area contributed by atoms with Crippen molar-refractivity contribution in [2.75, 3.05) is 5.32 Å². The van der Waals surface area contributed by atoms with Crippen LogP contribution in [0.3, 0.4) is 0 Å². The molecule has 3 aromatic heterocycles. The molecule has 1 aliphatic heterocycles. The first kappa shape index (κ1) is 12.2. The van der Waals surface area contributed by atoms with E-state index in [0.717, 1.165) is 28.5 Å². The Morgan fingerprint density at radius 1 is 1.18 bits per heavy atom. The number of rotatable bonds is 0. The highest BCUT2D eigenvalue weighted by atomic mass is 32.1. The fraction of sp³-hybridized carbons (Fsp3) is 0.176. The fourth-order valence-corrected chi connectivity index (χ4v) is 4.61. The quantitative estimate of drug-likeness (QED) is 0.526. The number of nitrogens with zero attached hydrogens (tertiary/aromatic N) is 3. The lowest BCUT2D eigenvalue weighted by Crippen LogP contribution is -2.14. The molecule has 108 valence electrons. The molecular weight excluding hydrogens is 292 g/mol. The summed E-state index contributed by atoms with van der Waals surface area (Å²) in [5.74, 6) is 1.05. The zero-order chi connectivity index (χ0) is 14.8. The Labute approximate surface area is 131 Å². The minimum atomic E-state index is 0.752. The van der Waals surface area contributed by atoms with Crippen LogP contribution in [0.1, 0.15) is 11.3 Å². The number of imidazole rings is 1. The van der Waals surface area contributed by atoms with Gasteiger partial charge in [-0.25, -0.2) is 9.97 Å². The molecule has 5 rings (SSSR count). The van der Waals surface area contributed by atoms with Crippen LogP contribution in [-0.2, 0) is 6.67 Å². The molecule has 1 aromatic carbocycles. The van der Waals surface area contributed by atoms with Crippen LogP contribution in [0, 0.1) is 13.8 Å². The number of benzene rings is 1. The van der Waals surface area contributed by atoms with Gasteiger partial charge in [0.15, 0.2) is 5.82 Å². The molecule has 0 unspecified atom stereocenters. The molecule has 0 saturated heterocycles. The van der Waals surface area contributed by atoms with Crippen LogP contribution in [0.15, 0.2) is 30.3 Å². The second-order valence-corrected chi connectivity index (χ2v) is 6.75. The van der Waals surface area contributed by atoms with Gasteiger partial charge in [0.2, 0.25) is 0 Å². The van der Waals surface area contributed by atoms with Crippen molar-refractivity contribution in [1.82, 2.24) is 14.5 Å². The third-order valence-electron chi connectivity index (χ3n) is 4.26. The largest absolute Gasteiger partial charge is 0.366 e. The molecule has 0 saturated carbocycles. The van der Waals surface area contributed by atoms with E-state index >= 15 is 0 Å². The smallest absolute Gasteiger partial charge is 0.154 e. The first-order valence-electron chi connectivity index (χ1n) is 7.32. The van der Waals surface area contributed by atoms with Crippen LogP contribution >= 0.6 is 11.3 Å². The monoisotopic (exact) mass is 306 g/mol. The molecule has 0 amide bonds. The molecule has 4 heterocycles. The van der Waals surface area contributed by atoms with Gasteiger partial charge >= 0.3 is 0 Å². The molecule has 4 aromatic rings. The lowest BCUT2D eigenvalue weighted by Gasteiger charge is -2.18. The zero-order valence-corrected chi connectivity index (χ0v) is 13.2. The van der Waals surface area contributed by atoms with E-state index in [1.807, 2.05) is 13.0 Å². The summed E-state index contributed by atoms with van der Waals surface area (Å²) in [6.45, 7) is 4.96. The summed E-state index contributed by atoms with van der Waals surface area (Å²) in [4.78, 5) is 11.8.